The summed E-state index contributed by atoms with van der Waals surface area (Å²) in [6.45, 7) is 4.72. The van der Waals surface area contributed by atoms with Gasteiger partial charge >= 0.3 is 12.1 Å². The van der Waals surface area contributed by atoms with E-state index in [1.54, 1.807) is 12.1 Å². The van der Waals surface area contributed by atoms with Gasteiger partial charge in [-0.15, -0.1) is 0 Å². The number of ketones is 1. The molecular weight excluding hydrogens is 492 g/mol. The monoisotopic (exact) mass is 518 g/mol. The van der Waals surface area contributed by atoms with Crippen LogP contribution >= 0.6 is 23.2 Å². The molecular formula is C25H27Cl2F3O4. The van der Waals surface area contributed by atoms with Crippen molar-refractivity contribution in [2.75, 3.05) is 13.2 Å². The number of carbonyl (C=O) groups excluding carboxylic acids is 2. The van der Waals surface area contributed by atoms with E-state index in [-0.39, 0.29) is 27.7 Å². The normalized spacial score (nSPS) is 14.8. The van der Waals surface area contributed by atoms with Crippen LogP contribution < -0.4 is 4.74 Å². The molecule has 34 heavy (non-hydrogen) atoms. The third-order valence-corrected chi connectivity index (χ3v) is 5.97. The highest BCUT2D eigenvalue weighted by Gasteiger charge is 2.32. The number of unbranched alkanes of at least 4 members (excludes halogenated alkanes) is 1. The highest BCUT2D eigenvalue weighted by atomic mass is 35.5. The highest BCUT2D eigenvalue weighted by Crippen LogP contribution is 2.42. The van der Waals surface area contributed by atoms with Gasteiger partial charge in [0, 0.05) is 17.9 Å². The van der Waals surface area contributed by atoms with Crippen LogP contribution in [0.1, 0.15) is 61.0 Å². The molecule has 0 saturated heterocycles. The van der Waals surface area contributed by atoms with Gasteiger partial charge in [0.15, 0.2) is 5.78 Å². The van der Waals surface area contributed by atoms with E-state index in [0.717, 1.165) is 30.5 Å². The van der Waals surface area contributed by atoms with E-state index in [0.29, 0.717) is 43.8 Å². The Morgan fingerprint density at radius 2 is 1.76 bits per heavy atom. The van der Waals surface area contributed by atoms with Crippen molar-refractivity contribution in [1.29, 1.82) is 0 Å². The van der Waals surface area contributed by atoms with E-state index < -0.39 is 11.7 Å². The molecule has 1 aliphatic carbocycles. The van der Waals surface area contributed by atoms with Gasteiger partial charge in [-0.1, -0.05) is 73.8 Å². The third kappa shape index (κ3) is 7.91. The van der Waals surface area contributed by atoms with Crippen molar-refractivity contribution in [3.8, 4) is 5.75 Å². The van der Waals surface area contributed by atoms with Gasteiger partial charge in [-0.05, 0) is 30.9 Å². The summed E-state index contributed by atoms with van der Waals surface area (Å²) < 4.78 is 46.1. The minimum atomic E-state index is -4.21. The van der Waals surface area contributed by atoms with Crippen molar-refractivity contribution in [2.24, 2.45) is 5.92 Å². The Hall–Kier alpha value is -2.25. The first kappa shape index (κ1) is 28.0. The SMILES string of the molecule is CCCCOC(=O)CCCOc1cc2c(c(Cl)c1Cl)C(=O)C(C)C2.FC(F)(F)c1ccccc1. The molecule has 0 saturated carbocycles. The number of esters is 1. The first-order chi connectivity index (χ1) is 16.1. The van der Waals surface area contributed by atoms with E-state index in [4.69, 9.17) is 32.7 Å². The van der Waals surface area contributed by atoms with Gasteiger partial charge in [0.1, 0.15) is 10.8 Å². The molecule has 0 spiro atoms. The molecule has 0 N–H and O–H groups in total. The fraction of sp³-hybridized carbons (Fsp3) is 0.440. The second-order valence-electron chi connectivity index (χ2n) is 7.90. The number of halogens is 5. The van der Waals surface area contributed by atoms with Crippen molar-refractivity contribution < 1.29 is 32.2 Å². The molecule has 0 heterocycles. The molecule has 0 aliphatic heterocycles. The zero-order valence-corrected chi connectivity index (χ0v) is 20.5. The Morgan fingerprint density at radius 3 is 2.35 bits per heavy atom. The van der Waals surface area contributed by atoms with Crippen molar-refractivity contribution in [2.45, 2.75) is 52.1 Å². The molecule has 3 rings (SSSR count). The van der Waals surface area contributed by atoms with Gasteiger partial charge in [0.25, 0.3) is 0 Å². The van der Waals surface area contributed by atoms with Crippen molar-refractivity contribution in [1.82, 2.24) is 0 Å². The second-order valence-corrected chi connectivity index (χ2v) is 8.65. The number of ether oxygens (including phenoxy) is 2. The molecule has 186 valence electrons. The number of Topliss-reactive ketones (excluding diaryl/α,β-unsaturated/α-hetero) is 1. The molecule has 0 bridgehead atoms. The summed E-state index contributed by atoms with van der Waals surface area (Å²) in [5, 5.41) is 0.515. The van der Waals surface area contributed by atoms with Gasteiger partial charge in [0.2, 0.25) is 0 Å². The molecule has 2 aromatic rings. The fourth-order valence-electron chi connectivity index (χ4n) is 3.28. The lowest BCUT2D eigenvalue weighted by Gasteiger charge is -2.12. The molecule has 1 unspecified atom stereocenters. The van der Waals surface area contributed by atoms with Crippen molar-refractivity contribution >= 4 is 35.0 Å². The topological polar surface area (TPSA) is 52.6 Å². The van der Waals surface area contributed by atoms with Gasteiger partial charge < -0.3 is 9.47 Å². The number of hydrogen-bond acceptors (Lipinski definition) is 4. The third-order valence-electron chi connectivity index (χ3n) is 5.12. The van der Waals surface area contributed by atoms with Gasteiger partial charge in [-0.3, -0.25) is 9.59 Å². The predicted molar refractivity (Wildman–Crippen MR) is 126 cm³/mol. The van der Waals surface area contributed by atoms with Gasteiger partial charge in [0.05, 0.1) is 23.8 Å². The van der Waals surface area contributed by atoms with Crippen LogP contribution in [0.5, 0.6) is 5.75 Å². The largest absolute Gasteiger partial charge is 0.492 e. The van der Waals surface area contributed by atoms with Gasteiger partial charge in [-0.25, -0.2) is 0 Å². The Labute approximate surface area is 207 Å². The number of rotatable bonds is 8. The summed E-state index contributed by atoms with van der Waals surface area (Å²) in [5.41, 5.74) is 0.784. The number of alkyl halides is 3. The fourth-order valence-corrected chi connectivity index (χ4v) is 3.79. The molecule has 1 aliphatic rings. The van der Waals surface area contributed by atoms with Crippen molar-refractivity contribution in [3.05, 3.63) is 63.1 Å². The van der Waals surface area contributed by atoms with E-state index in [1.165, 1.54) is 12.1 Å². The molecule has 2 aromatic carbocycles. The summed E-state index contributed by atoms with van der Waals surface area (Å²) in [6, 6.07) is 8.14. The Bertz CT molecular complexity index is 978. The maximum absolute atomic E-state index is 12.1. The van der Waals surface area contributed by atoms with Crippen LogP contribution in [0.2, 0.25) is 10.0 Å². The highest BCUT2D eigenvalue weighted by molar-refractivity contribution is 6.45. The zero-order chi connectivity index (χ0) is 25.3. The Morgan fingerprint density at radius 1 is 1.09 bits per heavy atom. The number of fused-ring (bicyclic) bond motifs is 1. The Kier molecular flexibility index (Phi) is 10.7. The average molecular weight is 519 g/mol. The van der Waals surface area contributed by atoms with Crippen LogP contribution in [0.25, 0.3) is 0 Å². The molecule has 4 nitrogen and oxygen atoms in total. The maximum Gasteiger partial charge on any atom is 0.416 e. The summed E-state index contributed by atoms with van der Waals surface area (Å²) in [7, 11) is 0. The molecule has 1 atom stereocenters. The Balaban J connectivity index is 0.000000340. The van der Waals surface area contributed by atoms with Crippen LogP contribution in [-0.2, 0) is 22.1 Å². The van der Waals surface area contributed by atoms with Crippen molar-refractivity contribution in [3.63, 3.8) is 0 Å². The summed E-state index contributed by atoms with van der Waals surface area (Å²) in [4.78, 5) is 23.6. The lowest BCUT2D eigenvalue weighted by molar-refractivity contribution is -0.144. The van der Waals surface area contributed by atoms with Crippen LogP contribution in [0.15, 0.2) is 36.4 Å². The van der Waals surface area contributed by atoms with E-state index in [9.17, 15) is 22.8 Å². The molecule has 0 amide bonds. The number of benzene rings is 2. The first-order valence-electron chi connectivity index (χ1n) is 11.0. The summed E-state index contributed by atoms with van der Waals surface area (Å²) in [5.74, 6) is 0.186. The molecule has 0 radical (unpaired) electrons. The summed E-state index contributed by atoms with van der Waals surface area (Å²) >= 11 is 12.4. The van der Waals surface area contributed by atoms with E-state index >= 15 is 0 Å². The minimum Gasteiger partial charge on any atom is -0.492 e. The van der Waals surface area contributed by atoms with E-state index in [2.05, 4.69) is 0 Å². The molecule has 0 aromatic heterocycles. The first-order valence-corrected chi connectivity index (χ1v) is 11.8. The average Bonchev–Trinajstić information content (AvgIpc) is 3.08. The minimum absolute atomic E-state index is 0.0262. The van der Waals surface area contributed by atoms with Crippen LogP contribution in [0, 0.1) is 5.92 Å². The predicted octanol–water partition coefficient (Wildman–Crippen LogP) is 7.58. The number of carbonyl (C=O) groups is 2. The smallest absolute Gasteiger partial charge is 0.416 e. The van der Waals surface area contributed by atoms with E-state index in [1.807, 2.05) is 13.8 Å². The lowest BCUT2D eigenvalue weighted by Crippen LogP contribution is -2.08. The summed E-state index contributed by atoms with van der Waals surface area (Å²) in [6.07, 6.45) is -0.856. The zero-order valence-electron chi connectivity index (χ0n) is 19.0. The maximum atomic E-state index is 12.1. The van der Waals surface area contributed by atoms with Crippen LogP contribution in [-0.4, -0.2) is 25.0 Å². The van der Waals surface area contributed by atoms with Crippen LogP contribution in [0.4, 0.5) is 13.2 Å². The second kappa shape index (κ2) is 13.0. The molecule has 9 heteroatoms. The quantitative estimate of drug-likeness (QED) is 0.267. The molecule has 0 fully saturated rings. The number of hydrogen-bond donors (Lipinski definition) is 0. The van der Waals surface area contributed by atoms with Crippen LogP contribution in [0.3, 0.4) is 0 Å². The lowest BCUT2D eigenvalue weighted by atomic mass is 10.1. The standard InChI is InChI=1S/C18H22Cl2O4.C7H5F3/c1-3-4-7-24-14(21)6-5-8-23-13-10-12-9-11(2)18(22)15(12)17(20)16(13)19;8-7(9,10)6-4-2-1-3-5-6/h10-11H,3-9H2,1-2H3;1-5H. The van der Waals surface area contributed by atoms with Gasteiger partial charge in [-0.2, -0.15) is 13.2 Å².